The van der Waals surface area contributed by atoms with Crippen molar-refractivity contribution in [2.75, 3.05) is 36.5 Å². The second-order valence-corrected chi connectivity index (χ2v) is 9.85. The van der Waals surface area contributed by atoms with Crippen molar-refractivity contribution in [2.24, 2.45) is 0 Å². The van der Waals surface area contributed by atoms with E-state index >= 15 is 0 Å². The molecule has 3 saturated heterocycles. The summed E-state index contributed by atoms with van der Waals surface area (Å²) in [7, 11) is 0. The third-order valence-corrected chi connectivity index (χ3v) is 7.52. The van der Waals surface area contributed by atoms with E-state index in [1.807, 2.05) is 30.3 Å². The van der Waals surface area contributed by atoms with Gasteiger partial charge in [-0.25, -0.2) is 0 Å². The van der Waals surface area contributed by atoms with E-state index in [-0.39, 0.29) is 35.9 Å². The molecule has 36 heavy (non-hydrogen) atoms. The van der Waals surface area contributed by atoms with Gasteiger partial charge in [0.2, 0.25) is 0 Å². The predicted octanol–water partition coefficient (Wildman–Crippen LogP) is 0.444. The zero-order valence-corrected chi connectivity index (χ0v) is 19.8. The van der Waals surface area contributed by atoms with Crippen molar-refractivity contribution in [3.05, 3.63) is 63.7 Å². The molecule has 0 saturated carbocycles. The topological polar surface area (TPSA) is 152 Å². The summed E-state index contributed by atoms with van der Waals surface area (Å²) >= 11 is 0. The molecule has 0 aromatic heterocycles. The molecular formula is C25H32N4O7. The van der Waals surface area contributed by atoms with Crippen LogP contribution in [0.25, 0.3) is 0 Å². The average molecular weight is 501 g/mol. The van der Waals surface area contributed by atoms with Crippen LogP contribution >= 0.6 is 0 Å². The lowest BCUT2D eigenvalue weighted by Crippen LogP contribution is -2.62. The number of aliphatic hydroxyl groups excluding tert-OH is 4. The van der Waals surface area contributed by atoms with Crippen LogP contribution in [0.4, 0.5) is 17.1 Å². The molecule has 5 rings (SSSR count). The number of aliphatic hydroxyl groups is 4. The fraction of sp³-hybridized carbons (Fsp3) is 0.520. The van der Waals surface area contributed by atoms with Gasteiger partial charge in [0.05, 0.1) is 42.4 Å². The van der Waals surface area contributed by atoms with E-state index in [4.69, 9.17) is 4.74 Å². The summed E-state index contributed by atoms with van der Waals surface area (Å²) in [5, 5.41) is 54.6. The molecule has 5 N–H and O–H groups in total. The quantitative estimate of drug-likeness (QED) is 0.255. The Hall–Kier alpha value is -2.80. The smallest absolute Gasteiger partial charge is 0.294 e. The Balaban J connectivity index is 1.22. The van der Waals surface area contributed by atoms with Gasteiger partial charge in [0.1, 0.15) is 17.9 Å². The number of benzene rings is 2. The zero-order valence-electron chi connectivity index (χ0n) is 19.8. The number of hydrogen-bond acceptors (Lipinski definition) is 10. The van der Waals surface area contributed by atoms with Crippen molar-refractivity contribution in [1.82, 2.24) is 4.90 Å². The summed E-state index contributed by atoms with van der Waals surface area (Å²) in [6, 6.07) is 12.5. The molecule has 2 unspecified atom stereocenters. The summed E-state index contributed by atoms with van der Waals surface area (Å²) < 4.78 is 5.63. The molecule has 3 aliphatic rings. The lowest BCUT2D eigenvalue weighted by atomic mass is 9.93. The number of hydrogen-bond donors (Lipinski definition) is 5. The maximum Gasteiger partial charge on any atom is 0.294 e. The Labute approximate surface area is 208 Å². The van der Waals surface area contributed by atoms with Gasteiger partial charge < -0.3 is 35.4 Å². The minimum atomic E-state index is -1.29. The molecule has 3 aliphatic heterocycles. The van der Waals surface area contributed by atoms with Crippen molar-refractivity contribution < 1.29 is 30.1 Å². The van der Waals surface area contributed by atoms with E-state index in [2.05, 4.69) is 10.2 Å². The molecule has 0 amide bonds. The van der Waals surface area contributed by atoms with Gasteiger partial charge in [-0.15, -0.1) is 0 Å². The number of nitro benzene ring substituents is 1. The van der Waals surface area contributed by atoms with Crippen LogP contribution in [0, 0.1) is 10.1 Å². The molecule has 0 spiro atoms. The van der Waals surface area contributed by atoms with Crippen LogP contribution in [0.2, 0.25) is 0 Å². The maximum absolute atomic E-state index is 11.8. The van der Waals surface area contributed by atoms with Crippen molar-refractivity contribution in [3.63, 3.8) is 0 Å². The number of rotatable bonds is 8. The van der Waals surface area contributed by atoms with Crippen molar-refractivity contribution in [2.45, 2.75) is 56.0 Å². The van der Waals surface area contributed by atoms with E-state index in [1.54, 1.807) is 17.0 Å². The van der Waals surface area contributed by atoms with Gasteiger partial charge in [0, 0.05) is 37.9 Å². The highest BCUT2D eigenvalue weighted by Gasteiger charge is 2.41. The highest BCUT2D eigenvalue weighted by molar-refractivity contribution is 5.69. The van der Waals surface area contributed by atoms with Gasteiger partial charge in [-0.1, -0.05) is 24.3 Å². The number of anilines is 2. The average Bonchev–Trinajstić information content (AvgIpc) is 3.51. The summed E-state index contributed by atoms with van der Waals surface area (Å²) in [5.41, 5.74) is 3.17. The number of nitro groups is 1. The number of β-amino-alcohol motifs (C(OH)–C–C–N with tert-alkyl or cyclic N) is 1. The van der Waals surface area contributed by atoms with Crippen LogP contribution < -0.4 is 10.2 Å². The van der Waals surface area contributed by atoms with Crippen LogP contribution in [0.15, 0.2) is 42.5 Å². The van der Waals surface area contributed by atoms with Crippen LogP contribution in [-0.2, 0) is 17.8 Å². The molecule has 11 heteroatoms. The summed E-state index contributed by atoms with van der Waals surface area (Å²) in [6.07, 6.45) is -2.45. The van der Waals surface area contributed by atoms with Crippen molar-refractivity contribution in [1.29, 1.82) is 0 Å². The standard InChI is InChI=1S/C25H32N4O7/c30-13-22-24(32)25(33)23(31)12-27(22)10-16-3-1-15(2-4-16)9-26-20-6-5-17(8-21(20)29(34)35)28-11-19-7-18(28)14-36-19/h1-6,8,18-19,22-26,30-33H,7,9-14H2/t18?,19?,22-,23+,24-,25-/m0/s1. The molecule has 0 radical (unpaired) electrons. The lowest BCUT2D eigenvalue weighted by Gasteiger charge is -2.43. The first-order valence-electron chi connectivity index (χ1n) is 12.2. The molecule has 0 aliphatic carbocycles. The van der Waals surface area contributed by atoms with Gasteiger partial charge in [-0.2, -0.15) is 0 Å². The van der Waals surface area contributed by atoms with Crippen LogP contribution in [-0.4, -0.2) is 93.1 Å². The first-order valence-corrected chi connectivity index (χ1v) is 12.2. The Morgan fingerprint density at radius 2 is 1.81 bits per heavy atom. The maximum atomic E-state index is 11.8. The molecule has 194 valence electrons. The largest absolute Gasteiger partial charge is 0.395 e. The fourth-order valence-corrected chi connectivity index (χ4v) is 5.47. The minimum absolute atomic E-state index is 0.0345. The number of nitrogens with zero attached hydrogens (tertiary/aromatic N) is 3. The predicted molar refractivity (Wildman–Crippen MR) is 132 cm³/mol. The Bertz CT molecular complexity index is 1080. The van der Waals surface area contributed by atoms with E-state index in [1.165, 1.54) is 0 Å². The van der Waals surface area contributed by atoms with Gasteiger partial charge in [-0.05, 0) is 29.7 Å². The number of ether oxygens (including phenoxy) is 1. The summed E-state index contributed by atoms with van der Waals surface area (Å²) in [6.45, 7) is 2.01. The second-order valence-electron chi connectivity index (χ2n) is 9.85. The Morgan fingerprint density at radius 1 is 1.06 bits per heavy atom. The number of morpholine rings is 1. The molecular weight excluding hydrogens is 468 g/mol. The Morgan fingerprint density at radius 3 is 2.44 bits per heavy atom. The third kappa shape index (κ3) is 4.90. The van der Waals surface area contributed by atoms with Crippen molar-refractivity contribution >= 4 is 17.1 Å². The number of piperidine rings is 1. The molecule has 2 bridgehead atoms. The highest BCUT2D eigenvalue weighted by atomic mass is 16.6. The van der Waals surface area contributed by atoms with Gasteiger partial charge >= 0.3 is 0 Å². The first-order chi connectivity index (χ1) is 17.3. The van der Waals surface area contributed by atoms with E-state index in [9.17, 15) is 30.5 Å². The van der Waals surface area contributed by atoms with Crippen LogP contribution in [0.3, 0.4) is 0 Å². The van der Waals surface area contributed by atoms with Gasteiger partial charge in [0.15, 0.2) is 0 Å². The fourth-order valence-electron chi connectivity index (χ4n) is 5.47. The molecule has 6 atom stereocenters. The summed E-state index contributed by atoms with van der Waals surface area (Å²) in [4.78, 5) is 15.3. The zero-order chi connectivity index (χ0) is 25.4. The number of likely N-dealkylation sites (tertiary alicyclic amines) is 1. The SMILES string of the molecule is O=[N+]([O-])c1cc(N2CC3CC2CO3)ccc1NCc1ccc(CN2C[C@@H](O)[C@H](O)[C@@H](O)[C@@H]2CO)cc1. The van der Waals surface area contributed by atoms with E-state index in [0.29, 0.717) is 25.4 Å². The van der Waals surface area contributed by atoms with E-state index in [0.717, 1.165) is 29.8 Å². The monoisotopic (exact) mass is 500 g/mol. The molecule has 3 heterocycles. The summed E-state index contributed by atoms with van der Waals surface area (Å²) in [5.74, 6) is 0. The molecule has 3 fully saturated rings. The Kier molecular flexibility index (Phi) is 7.11. The number of fused-ring (bicyclic) bond motifs is 2. The van der Waals surface area contributed by atoms with Gasteiger partial charge in [0.25, 0.3) is 5.69 Å². The van der Waals surface area contributed by atoms with Crippen molar-refractivity contribution in [3.8, 4) is 0 Å². The minimum Gasteiger partial charge on any atom is -0.395 e. The highest BCUT2D eigenvalue weighted by Crippen LogP contribution is 2.36. The van der Waals surface area contributed by atoms with E-state index < -0.39 is 24.4 Å². The normalized spacial score (nSPS) is 30.1. The molecule has 11 nitrogen and oxygen atoms in total. The molecule has 2 aromatic carbocycles. The second kappa shape index (κ2) is 10.3. The van der Waals surface area contributed by atoms with Crippen LogP contribution in [0.5, 0.6) is 0 Å². The van der Waals surface area contributed by atoms with Crippen LogP contribution in [0.1, 0.15) is 17.5 Å². The number of nitrogens with one attached hydrogen (secondary N) is 1. The third-order valence-electron chi connectivity index (χ3n) is 7.52. The molecule has 2 aromatic rings. The lowest BCUT2D eigenvalue weighted by molar-refractivity contribution is -0.383. The van der Waals surface area contributed by atoms with Gasteiger partial charge in [-0.3, -0.25) is 15.0 Å². The first kappa shape index (κ1) is 24.9.